The first-order chi connectivity index (χ1) is 11.2. The van der Waals surface area contributed by atoms with Gasteiger partial charge in [-0.3, -0.25) is 4.79 Å². The highest BCUT2D eigenvalue weighted by molar-refractivity contribution is 7.08. The molecule has 4 unspecified atom stereocenters. The number of rotatable bonds is 2. The van der Waals surface area contributed by atoms with Gasteiger partial charge in [-0.05, 0) is 46.4 Å². The second kappa shape index (κ2) is 5.32. The average molecular weight is 362 g/mol. The van der Waals surface area contributed by atoms with Crippen molar-refractivity contribution in [2.45, 2.75) is 24.2 Å². The molecule has 1 aromatic heterocycles. The van der Waals surface area contributed by atoms with Gasteiger partial charge in [0.05, 0.1) is 5.41 Å². The number of nitrogens with one attached hydrogen (secondary N) is 1. The first-order valence-corrected chi connectivity index (χ1v) is 9.22. The third-order valence-corrected chi connectivity index (χ3v) is 7.37. The molecule has 3 aliphatic carbocycles. The summed E-state index contributed by atoms with van der Waals surface area (Å²) in [5, 5.41) is 18.0. The van der Waals surface area contributed by atoms with E-state index in [1.807, 2.05) is 0 Å². The summed E-state index contributed by atoms with van der Waals surface area (Å²) in [5.74, 6) is -0.348. The van der Waals surface area contributed by atoms with E-state index in [-0.39, 0.29) is 29.7 Å². The maximum absolute atomic E-state index is 12.4. The Hall–Kier alpha value is -1.36. The summed E-state index contributed by atoms with van der Waals surface area (Å²) in [4.78, 5) is 12.4. The van der Waals surface area contributed by atoms with Crippen molar-refractivity contribution in [3.8, 4) is 0 Å². The molecular formula is C19H20ClNO2S. The molecule has 1 saturated carbocycles. The van der Waals surface area contributed by atoms with Crippen LogP contribution in [0.3, 0.4) is 0 Å². The standard InChI is InChI=1S/C19H19NO2S.ClH/c21-17(22)19-11-20-9-16(19)18(12-6-8-23-10-12)7-5-15(19)13-3-1-2-4-14(13)18;/h1-4,6,8,10,15-16,20H,5,7,9,11H2,(H,21,22);1H. The van der Waals surface area contributed by atoms with Crippen LogP contribution >= 0.6 is 23.7 Å². The van der Waals surface area contributed by atoms with E-state index in [0.717, 1.165) is 19.4 Å². The third-order valence-electron chi connectivity index (χ3n) is 6.68. The second-order valence-corrected chi connectivity index (χ2v) is 7.97. The molecule has 24 heavy (non-hydrogen) atoms. The molecule has 1 aromatic carbocycles. The Morgan fingerprint density at radius 2 is 2.12 bits per heavy atom. The van der Waals surface area contributed by atoms with E-state index in [1.165, 1.54) is 16.7 Å². The van der Waals surface area contributed by atoms with Gasteiger partial charge in [-0.1, -0.05) is 24.3 Å². The molecule has 3 nitrogen and oxygen atoms in total. The molecule has 5 heteroatoms. The minimum atomic E-state index is -0.658. The van der Waals surface area contributed by atoms with Crippen molar-refractivity contribution in [3.63, 3.8) is 0 Å². The van der Waals surface area contributed by atoms with Crippen molar-refractivity contribution >= 4 is 29.7 Å². The lowest BCUT2D eigenvalue weighted by Gasteiger charge is -2.59. The van der Waals surface area contributed by atoms with Gasteiger partial charge in [0.2, 0.25) is 0 Å². The Labute approximate surface area is 151 Å². The summed E-state index contributed by atoms with van der Waals surface area (Å²) in [6.07, 6.45) is 2.03. The lowest BCUT2D eigenvalue weighted by Crippen LogP contribution is -2.60. The SMILES string of the molecule is Cl.O=C(O)C12CNCC1C1(c3ccsc3)CCC2c2ccccc21. The van der Waals surface area contributed by atoms with Gasteiger partial charge >= 0.3 is 5.97 Å². The number of carboxylic acids is 1. The Bertz CT molecular complexity index is 792. The maximum atomic E-state index is 12.4. The van der Waals surface area contributed by atoms with E-state index in [9.17, 15) is 9.90 Å². The molecule has 4 aliphatic rings. The predicted molar refractivity (Wildman–Crippen MR) is 97.2 cm³/mol. The van der Waals surface area contributed by atoms with Crippen LogP contribution in [0.1, 0.15) is 35.4 Å². The van der Waals surface area contributed by atoms with Gasteiger partial charge in [-0.2, -0.15) is 11.3 Å². The van der Waals surface area contributed by atoms with Gasteiger partial charge in [0.15, 0.2) is 0 Å². The molecule has 2 heterocycles. The van der Waals surface area contributed by atoms with Crippen molar-refractivity contribution in [1.29, 1.82) is 0 Å². The summed E-state index contributed by atoms with van der Waals surface area (Å²) in [6, 6.07) is 10.8. The Kier molecular flexibility index (Phi) is 3.57. The lowest BCUT2D eigenvalue weighted by molar-refractivity contribution is -0.157. The molecule has 0 radical (unpaired) electrons. The fourth-order valence-electron chi connectivity index (χ4n) is 5.87. The molecule has 1 aliphatic heterocycles. The number of carbonyl (C=O) groups is 1. The summed E-state index contributed by atoms with van der Waals surface area (Å²) < 4.78 is 0. The molecule has 2 fully saturated rings. The molecule has 1 saturated heterocycles. The van der Waals surface area contributed by atoms with Crippen LogP contribution in [0.2, 0.25) is 0 Å². The van der Waals surface area contributed by atoms with Crippen molar-refractivity contribution in [1.82, 2.24) is 5.32 Å². The fraction of sp³-hybridized carbons (Fsp3) is 0.421. The zero-order valence-corrected chi connectivity index (χ0v) is 14.8. The maximum Gasteiger partial charge on any atom is 0.311 e. The summed E-state index contributed by atoms with van der Waals surface area (Å²) in [6.45, 7) is 1.39. The Morgan fingerprint density at radius 1 is 1.29 bits per heavy atom. The van der Waals surface area contributed by atoms with E-state index in [1.54, 1.807) is 11.3 Å². The molecule has 126 valence electrons. The molecule has 0 amide bonds. The monoisotopic (exact) mass is 361 g/mol. The highest BCUT2D eigenvalue weighted by Crippen LogP contribution is 2.67. The van der Waals surface area contributed by atoms with E-state index >= 15 is 0 Å². The molecule has 4 atom stereocenters. The first kappa shape index (κ1) is 16.1. The highest BCUT2D eigenvalue weighted by Gasteiger charge is 2.68. The van der Waals surface area contributed by atoms with Gasteiger partial charge in [-0.15, -0.1) is 12.4 Å². The van der Waals surface area contributed by atoms with Crippen LogP contribution in [0.4, 0.5) is 0 Å². The first-order valence-electron chi connectivity index (χ1n) is 8.27. The van der Waals surface area contributed by atoms with Gasteiger partial charge in [0, 0.05) is 30.3 Å². The van der Waals surface area contributed by atoms with Crippen LogP contribution in [0.15, 0.2) is 41.1 Å². The van der Waals surface area contributed by atoms with E-state index in [4.69, 9.17) is 0 Å². The summed E-state index contributed by atoms with van der Waals surface area (Å²) >= 11 is 1.71. The van der Waals surface area contributed by atoms with Crippen molar-refractivity contribution in [3.05, 3.63) is 57.8 Å². The van der Waals surface area contributed by atoms with Crippen LogP contribution in [0, 0.1) is 11.3 Å². The van der Waals surface area contributed by atoms with Gasteiger partial charge < -0.3 is 10.4 Å². The minimum absolute atomic E-state index is 0. The van der Waals surface area contributed by atoms with Crippen LogP contribution in [0.25, 0.3) is 0 Å². The van der Waals surface area contributed by atoms with E-state index < -0.39 is 11.4 Å². The number of carboxylic acid groups (broad SMARTS) is 1. The smallest absolute Gasteiger partial charge is 0.311 e. The normalized spacial score (nSPS) is 35.8. The number of benzene rings is 1. The number of fused-ring (bicyclic) bond motifs is 1. The fourth-order valence-corrected chi connectivity index (χ4v) is 6.61. The average Bonchev–Trinajstić information content (AvgIpc) is 3.26. The Balaban J connectivity index is 0.00000146. The molecular weight excluding hydrogens is 342 g/mol. The molecule has 0 spiro atoms. The predicted octanol–water partition coefficient (Wildman–Crippen LogP) is 3.64. The Morgan fingerprint density at radius 3 is 2.88 bits per heavy atom. The van der Waals surface area contributed by atoms with E-state index in [0.29, 0.717) is 6.54 Å². The second-order valence-electron chi connectivity index (χ2n) is 7.19. The third kappa shape index (κ3) is 1.64. The zero-order valence-electron chi connectivity index (χ0n) is 13.2. The topological polar surface area (TPSA) is 49.3 Å². The van der Waals surface area contributed by atoms with Crippen LogP contribution in [-0.2, 0) is 10.2 Å². The lowest BCUT2D eigenvalue weighted by atomic mass is 9.42. The number of thiophene rings is 1. The quantitative estimate of drug-likeness (QED) is 0.858. The molecule has 2 bridgehead atoms. The number of aliphatic carboxylic acids is 1. The number of hydrogen-bond acceptors (Lipinski definition) is 3. The highest BCUT2D eigenvalue weighted by atomic mass is 35.5. The van der Waals surface area contributed by atoms with Crippen molar-refractivity contribution in [2.24, 2.45) is 11.3 Å². The van der Waals surface area contributed by atoms with Crippen molar-refractivity contribution in [2.75, 3.05) is 13.1 Å². The van der Waals surface area contributed by atoms with Gasteiger partial charge in [-0.25, -0.2) is 0 Å². The molecule has 2 N–H and O–H groups in total. The van der Waals surface area contributed by atoms with E-state index in [2.05, 4.69) is 46.4 Å². The minimum Gasteiger partial charge on any atom is -0.481 e. The van der Waals surface area contributed by atoms with Gasteiger partial charge in [0.25, 0.3) is 0 Å². The van der Waals surface area contributed by atoms with Gasteiger partial charge in [0.1, 0.15) is 0 Å². The molecule has 2 aromatic rings. The largest absolute Gasteiger partial charge is 0.481 e. The van der Waals surface area contributed by atoms with Crippen LogP contribution in [-0.4, -0.2) is 24.2 Å². The number of hydrogen-bond donors (Lipinski definition) is 2. The zero-order chi connectivity index (χ0) is 15.7. The summed E-state index contributed by atoms with van der Waals surface area (Å²) in [7, 11) is 0. The molecule has 6 rings (SSSR count). The van der Waals surface area contributed by atoms with Crippen molar-refractivity contribution < 1.29 is 9.90 Å². The van der Waals surface area contributed by atoms with Crippen LogP contribution in [0.5, 0.6) is 0 Å². The summed E-state index contributed by atoms with van der Waals surface area (Å²) in [5.41, 5.74) is 3.15. The van der Waals surface area contributed by atoms with Crippen LogP contribution < -0.4 is 5.32 Å². The number of halogens is 1.